The van der Waals surface area contributed by atoms with Crippen LogP contribution < -0.4 is 10.6 Å². The van der Waals surface area contributed by atoms with Crippen LogP contribution in [0.25, 0.3) is 0 Å². The molecule has 0 atom stereocenters. The summed E-state index contributed by atoms with van der Waals surface area (Å²) in [4.78, 5) is 37.2. The number of hydrogen-bond donors (Lipinski definition) is 2. The van der Waals surface area contributed by atoms with Gasteiger partial charge in [-0.1, -0.05) is 24.3 Å². The molecule has 140 valence electrons. The molecule has 0 radical (unpaired) electrons. The number of anilines is 2. The van der Waals surface area contributed by atoms with Gasteiger partial charge in [-0.05, 0) is 56.0 Å². The quantitative estimate of drug-likeness (QED) is 0.627. The molecule has 0 bridgehead atoms. The van der Waals surface area contributed by atoms with E-state index in [1.807, 2.05) is 32.0 Å². The Morgan fingerprint density at radius 2 is 1.52 bits per heavy atom. The molecule has 27 heavy (non-hydrogen) atoms. The zero-order valence-corrected chi connectivity index (χ0v) is 15.6. The highest BCUT2D eigenvalue weighted by atomic mass is 16.5. The molecular weight excluding hydrogens is 344 g/mol. The lowest BCUT2D eigenvalue weighted by Gasteiger charge is -2.18. The Morgan fingerprint density at radius 1 is 0.926 bits per heavy atom. The normalized spacial score (nSPS) is 14.2. The smallest absolute Gasteiger partial charge is 0.337 e. The van der Waals surface area contributed by atoms with Gasteiger partial charge >= 0.3 is 5.97 Å². The molecule has 1 aliphatic rings. The van der Waals surface area contributed by atoms with Crippen molar-refractivity contribution in [3.63, 3.8) is 0 Å². The topological polar surface area (TPSA) is 84.5 Å². The Bertz CT molecular complexity index is 896. The maximum absolute atomic E-state index is 12.8. The second-order valence-corrected chi connectivity index (χ2v) is 6.83. The summed E-state index contributed by atoms with van der Waals surface area (Å²) in [6.45, 7) is 3.83. The van der Waals surface area contributed by atoms with Crippen molar-refractivity contribution in [2.45, 2.75) is 26.7 Å². The number of carbonyl (C=O) groups is 3. The molecule has 2 aromatic carbocycles. The fourth-order valence-corrected chi connectivity index (χ4v) is 3.02. The molecule has 6 heteroatoms. The first kappa shape index (κ1) is 18.6. The van der Waals surface area contributed by atoms with E-state index in [2.05, 4.69) is 15.4 Å². The largest absolute Gasteiger partial charge is 0.465 e. The van der Waals surface area contributed by atoms with Gasteiger partial charge in [0.05, 0.1) is 12.7 Å². The van der Waals surface area contributed by atoms with Crippen LogP contribution in [-0.4, -0.2) is 24.9 Å². The van der Waals surface area contributed by atoms with E-state index in [-0.39, 0.29) is 11.8 Å². The van der Waals surface area contributed by atoms with Crippen LogP contribution in [0.2, 0.25) is 0 Å². The Morgan fingerprint density at radius 3 is 2.11 bits per heavy atom. The average molecular weight is 366 g/mol. The summed E-state index contributed by atoms with van der Waals surface area (Å²) >= 11 is 0. The van der Waals surface area contributed by atoms with Crippen molar-refractivity contribution in [2.75, 3.05) is 17.7 Å². The Kier molecular flexibility index (Phi) is 4.99. The van der Waals surface area contributed by atoms with Crippen LogP contribution in [0.15, 0.2) is 42.5 Å². The van der Waals surface area contributed by atoms with Crippen molar-refractivity contribution in [1.29, 1.82) is 0 Å². The number of amides is 2. The van der Waals surface area contributed by atoms with Gasteiger partial charge in [0.25, 0.3) is 0 Å². The second-order valence-electron chi connectivity index (χ2n) is 6.83. The van der Waals surface area contributed by atoms with Crippen molar-refractivity contribution < 1.29 is 19.1 Å². The number of aryl methyl sites for hydroxylation is 2. The zero-order chi connectivity index (χ0) is 19.6. The van der Waals surface area contributed by atoms with Gasteiger partial charge in [0.15, 0.2) is 0 Å². The fraction of sp³-hybridized carbons (Fsp3) is 0.286. The van der Waals surface area contributed by atoms with Crippen LogP contribution in [0, 0.1) is 19.3 Å². The summed E-state index contributed by atoms with van der Waals surface area (Å²) in [7, 11) is 1.30. The lowest BCUT2D eigenvalue weighted by atomic mass is 10.0. The molecular formula is C21H22N2O4. The van der Waals surface area contributed by atoms with Gasteiger partial charge in [-0.15, -0.1) is 0 Å². The number of nitrogens with one attached hydrogen (secondary N) is 2. The summed E-state index contributed by atoms with van der Waals surface area (Å²) in [6.07, 6.45) is 0.985. The van der Waals surface area contributed by atoms with E-state index in [0.717, 1.165) is 16.8 Å². The van der Waals surface area contributed by atoms with E-state index in [1.54, 1.807) is 18.2 Å². The molecule has 1 saturated carbocycles. The van der Waals surface area contributed by atoms with E-state index in [1.165, 1.54) is 13.2 Å². The molecule has 1 fully saturated rings. The van der Waals surface area contributed by atoms with Gasteiger partial charge in [-0.25, -0.2) is 4.79 Å². The third-order valence-corrected chi connectivity index (χ3v) is 4.88. The van der Waals surface area contributed by atoms with Crippen LogP contribution in [-0.2, 0) is 14.3 Å². The van der Waals surface area contributed by atoms with Crippen molar-refractivity contribution in [3.05, 3.63) is 59.2 Å². The van der Waals surface area contributed by atoms with Crippen LogP contribution in [0.3, 0.4) is 0 Å². The van der Waals surface area contributed by atoms with Gasteiger partial charge in [0.1, 0.15) is 5.41 Å². The van der Waals surface area contributed by atoms with E-state index < -0.39 is 11.4 Å². The molecule has 0 aromatic heterocycles. The number of para-hydroxylation sites is 1. The van der Waals surface area contributed by atoms with E-state index >= 15 is 0 Å². The van der Waals surface area contributed by atoms with Crippen LogP contribution >= 0.6 is 0 Å². The highest BCUT2D eigenvalue weighted by Crippen LogP contribution is 2.47. The molecule has 1 aliphatic carbocycles. The maximum atomic E-state index is 12.8. The summed E-state index contributed by atoms with van der Waals surface area (Å²) in [5.74, 6) is -1.16. The number of ether oxygens (including phenoxy) is 1. The number of rotatable bonds is 5. The van der Waals surface area contributed by atoms with Gasteiger partial charge in [-0.2, -0.15) is 0 Å². The summed E-state index contributed by atoms with van der Waals surface area (Å²) in [5.41, 5.74) is 2.36. The molecule has 3 rings (SSSR count). The van der Waals surface area contributed by atoms with Crippen molar-refractivity contribution >= 4 is 29.2 Å². The predicted molar refractivity (Wildman–Crippen MR) is 103 cm³/mol. The Balaban J connectivity index is 1.75. The minimum atomic E-state index is -1.07. The first-order valence-corrected chi connectivity index (χ1v) is 8.75. The zero-order valence-electron chi connectivity index (χ0n) is 15.6. The van der Waals surface area contributed by atoms with E-state index in [0.29, 0.717) is 24.1 Å². The molecule has 0 aliphatic heterocycles. The van der Waals surface area contributed by atoms with Crippen LogP contribution in [0.1, 0.15) is 34.3 Å². The first-order chi connectivity index (χ1) is 12.9. The average Bonchev–Trinajstić information content (AvgIpc) is 3.46. The molecule has 0 saturated heterocycles. The summed E-state index contributed by atoms with van der Waals surface area (Å²) < 4.78 is 4.69. The highest BCUT2D eigenvalue weighted by molar-refractivity contribution is 6.17. The standard InChI is InChI=1S/C21H22N2O4/c1-13-6-4-7-14(2)17(13)23-20(26)21(10-11-21)19(25)22-16-9-5-8-15(12-16)18(24)27-3/h4-9,12H,10-11H2,1-3H3,(H,22,25)(H,23,26). The predicted octanol–water partition coefficient (Wildman–Crippen LogP) is 3.45. The molecule has 2 amide bonds. The van der Waals surface area contributed by atoms with E-state index in [4.69, 9.17) is 0 Å². The monoisotopic (exact) mass is 366 g/mol. The number of benzene rings is 2. The lowest BCUT2D eigenvalue weighted by molar-refractivity contribution is -0.131. The summed E-state index contributed by atoms with van der Waals surface area (Å²) in [6, 6.07) is 12.2. The molecule has 2 aromatic rings. The van der Waals surface area contributed by atoms with E-state index in [9.17, 15) is 14.4 Å². The second kappa shape index (κ2) is 7.23. The number of carbonyl (C=O) groups excluding carboxylic acids is 3. The van der Waals surface area contributed by atoms with Crippen LogP contribution in [0.5, 0.6) is 0 Å². The number of methoxy groups -OCH3 is 1. The van der Waals surface area contributed by atoms with Gasteiger partial charge in [0.2, 0.25) is 11.8 Å². The number of esters is 1. The minimum Gasteiger partial charge on any atom is -0.465 e. The maximum Gasteiger partial charge on any atom is 0.337 e. The molecule has 0 spiro atoms. The molecule has 0 unspecified atom stereocenters. The Labute approximate surface area is 157 Å². The third-order valence-electron chi connectivity index (χ3n) is 4.88. The SMILES string of the molecule is COC(=O)c1cccc(NC(=O)C2(C(=O)Nc3c(C)cccc3C)CC2)c1. The summed E-state index contributed by atoms with van der Waals surface area (Å²) in [5, 5.41) is 5.67. The first-order valence-electron chi connectivity index (χ1n) is 8.75. The number of hydrogen-bond acceptors (Lipinski definition) is 4. The van der Waals surface area contributed by atoms with Gasteiger partial charge < -0.3 is 15.4 Å². The van der Waals surface area contributed by atoms with Gasteiger partial charge in [0, 0.05) is 11.4 Å². The van der Waals surface area contributed by atoms with Gasteiger partial charge in [-0.3, -0.25) is 9.59 Å². The van der Waals surface area contributed by atoms with Crippen molar-refractivity contribution in [2.24, 2.45) is 5.41 Å². The molecule has 2 N–H and O–H groups in total. The fourth-order valence-electron chi connectivity index (χ4n) is 3.02. The lowest BCUT2D eigenvalue weighted by Crippen LogP contribution is -2.36. The highest BCUT2D eigenvalue weighted by Gasteiger charge is 2.56. The van der Waals surface area contributed by atoms with Crippen LogP contribution in [0.4, 0.5) is 11.4 Å². The molecule has 0 heterocycles. The van der Waals surface area contributed by atoms with Crippen molar-refractivity contribution in [1.82, 2.24) is 0 Å². The Hall–Kier alpha value is -3.15. The third kappa shape index (κ3) is 3.69. The molecule has 6 nitrogen and oxygen atoms in total. The minimum absolute atomic E-state index is 0.304. The van der Waals surface area contributed by atoms with Crippen molar-refractivity contribution in [3.8, 4) is 0 Å².